The van der Waals surface area contributed by atoms with Crippen LogP contribution in [0.5, 0.6) is 0 Å². The van der Waals surface area contributed by atoms with Crippen molar-refractivity contribution >= 4 is 34.6 Å². The molecular formula is C26H25F3N4O5. The molecule has 0 bridgehead atoms. The van der Waals surface area contributed by atoms with Crippen LogP contribution in [0.15, 0.2) is 41.2 Å². The van der Waals surface area contributed by atoms with Crippen LogP contribution in [-0.2, 0) is 41.0 Å². The topological polar surface area (TPSA) is 93.8 Å². The van der Waals surface area contributed by atoms with Crippen LogP contribution in [0.25, 0.3) is 11.0 Å². The zero-order valence-electron chi connectivity index (χ0n) is 20.9. The van der Waals surface area contributed by atoms with Crippen molar-refractivity contribution in [3.05, 3.63) is 63.6 Å². The number of hydrogen-bond acceptors (Lipinski definition) is 5. The summed E-state index contributed by atoms with van der Waals surface area (Å²) in [6.07, 6.45) is -4.47. The van der Waals surface area contributed by atoms with E-state index < -0.39 is 41.6 Å². The Morgan fingerprint density at radius 3 is 2.45 bits per heavy atom. The highest BCUT2D eigenvalue weighted by molar-refractivity contribution is 6.13. The number of urea groups is 1. The molecule has 5 rings (SSSR count). The van der Waals surface area contributed by atoms with Gasteiger partial charge in [0, 0.05) is 19.8 Å². The number of amides is 3. The standard InChI is InChI=1S/C26H25F3N4O5/c1-4-38-23(35)17-13-32(14-8-10-20-21(12-14)31(3)24(36)30(20)2)25(37)33(22(17)34)19-11-9-15-16(19)6-5-7-18(15)26(27,28)29/h5-8,10,12,17,19H,4,9,11,13H2,1-3H3/t17?,19-/m1/s1. The van der Waals surface area contributed by atoms with Crippen molar-refractivity contribution in [2.45, 2.75) is 32.0 Å². The highest BCUT2D eigenvalue weighted by Crippen LogP contribution is 2.44. The van der Waals surface area contributed by atoms with E-state index in [1.807, 2.05) is 0 Å². The minimum absolute atomic E-state index is 0.00977. The van der Waals surface area contributed by atoms with Crippen molar-refractivity contribution in [1.29, 1.82) is 0 Å². The normalized spacial score (nSPS) is 19.8. The maximum absolute atomic E-state index is 13.8. The van der Waals surface area contributed by atoms with Crippen molar-refractivity contribution in [2.75, 3.05) is 18.1 Å². The van der Waals surface area contributed by atoms with Gasteiger partial charge >= 0.3 is 23.9 Å². The number of aryl methyl sites for hydroxylation is 2. The Balaban J connectivity index is 1.61. The van der Waals surface area contributed by atoms with E-state index in [-0.39, 0.29) is 42.8 Å². The first-order valence-electron chi connectivity index (χ1n) is 12.1. The summed E-state index contributed by atoms with van der Waals surface area (Å²) in [7, 11) is 3.19. The van der Waals surface area contributed by atoms with Gasteiger partial charge in [-0.15, -0.1) is 0 Å². The van der Waals surface area contributed by atoms with Gasteiger partial charge in [-0.25, -0.2) is 9.59 Å². The molecule has 1 saturated heterocycles. The SMILES string of the molecule is CCOC(=O)C1CN(c2ccc3c(c2)n(C)c(=O)n3C)C(=O)N([C@@H]2CCc3c2cccc3C(F)(F)F)C1=O. The lowest BCUT2D eigenvalue weighted by molar-refractivity contribution is -0.155. The fourth-order valence-corrected chi connectivity index (χ4v) is 5.48. The van der Waals surface area contributed by atoms with Gasteiger partial charge in [-0.3, -0.25) is 28.5 Å². The number of fused-ring (bicyclic) bond motifs is 2. The number of esters is 1. The molecule has 2 aliphatic rings. The molecule has 2 heterocycles. The van der Waals surface area contributed by atoms with Crippen LogP contribution in [-0.4, -0.2) is 45.1 Å². The fraction of sp³-hybridized carbons (Fsp3) is 0.385. The lowest BCUT2D eigenvalue weighted by Crippen LogP contribution is -2.59. The summed E-state index contributed by atoms with van der Waals surface area (Å²) in [6.45, 7) is 1.29. The number of halogens is 3. The van der Waals surface area contributed by atoms with Gasteiger partial charge in [-0.05, 0) is 55.2 Å². The van der Waals surface area contributed by atoms with E-state index in [0.717, 1.165) is 11.0 Å². The summed E-state index contributed by atoms with van der Waals surface area (Å²) in [6, 6.07) is 6.84. The molecular weight excluding hydrogens is 505 g/mol. The number of hydrogen-bond donors (Lipinski definition) is 0. The van der Waals surface area contributed by atoms with Crippen molar-refractivity contribution < 1.29 is 32.3 Å². The van der Waals surface area contributed by atoms with Crippen LogP contribution in [0.2, 0.25) is 0 Å². The number of imide groups is 1. The Hall–Kier alpha value is -4.09. The molecule has 0 N–H and O–H groups in total. The molecule has 1 aliphatic carbocycles. The molecule has 1 fully saturated rings. The zero-order valence-corrected chi connectivity index (χ0v) is 20.9. The number of carbonyl (C=O) groups is 3. The van der Waals surface area contributed by atoms with Gasteiger partial charge in [0.05, 0.1) is 35.8 Å². The van der Waals surface area contributed by atoms with E-state index in [0.29, 0.717) is 16.7 Å². The molecule has 3 aromatic rings. The predicted molar refractivity (Wildman–Crippen MR) is 130 cm³/mol. The van der Waals surface area contributed by atoms with Crippen LogP contribution < -0.4 is 10.6 Å². The highest BCUT2D eigenvalue weighted by atomic mass is 19.4. The number of benzene rings is 2. The second-order valence-electron chi connectivity index (χ2n) is 9.41. The third kappa shape index (κ3) is 3.86. The summed E-state index contributed by atoms with van der Waals surface area (Å²) in [5.41, 5.74) is 0.667. The first kappa shape index (κ1) is 25.6. The molecule has 0 saturated carbocycles. The van der Waals surface area contributed by atoms with Crippen molar-refractivity contribution in [2.24, 2.45) is 20.0 Å². The van der Waals surface area contributed by atoms with Gasteiger partial charge in [0.1, 0.15) is 0 Å². The number of anilines is 1. The Labute approximate surface area is 215 Å². The molecule has 3 amide bonds. The minimum Gasteiger partial charge on any atom is -0.465 e. The lowest BCUT2D eigenvalue weighted by atomic mass is 9.98. The molecule has 0 radical (unpaired) electrons. The van der Waals surface area contributed by atoms with Crippen LogP contribution in [0, 0.1) is 5.92 Å². The van der Waals surface area contributed by atoms with Crippen LogP contribution in [0.4, 0.5) is 23.7 Å². The van der Waals surface area contributed by atoms with Gasteiger partial charge < -0.3 is 4.74 Å². The maximum Gasteiger partial charge on any atom is 0.416 e. The number of carbonyl (C=O) groups excluding carboxylic acids is 3. The second-order valence-corrected chi connectivity index (χ2v) is 9.41. The summed E-state index contributed by atoms with van der Waals surface area (Å²) in [5.74, 6) is -3.00. The smallest absolute Gasteiger partial charge is 0.416 e. The van der Waals surface area contributed by atoms with E-state index in [9.17, 15) is 32.3 Å². The fourth-order valence-electron chi connectivity index (χ4n) is 5.48. The highest BCUT2D eigenvalue weighted by Gasteiger charge is 2.49. The van der Waals surface area contributed by atoms with Crippen molar-refractivity contribution in [3.8, 4) is 0 Å². The molecule has 1 unspecified atom stereocenters. The molecule has 38 heavy (non-hydrogen) atoms. The zero-order chi connectivity index (χ0) is 27.5. The molecule has 200 valence electrons. The second kappa shape index (κ2) is 9.03. The summed E-state index contributed by atoms with van der Waals surface area (Å²) >= 11 is 0. The molecule has 2 aromatic carbocycles. The number of ether oxygens (including phenoxy) is 1. The van der Waals surface area contributed by atoms with Gasteiger partial charge in [0.25, 0.3) is 0 Å². The summed E-state index contributed by atoms with van der Waals surface area (Å²) < 4.78 is 48.9. The molecule has 2 atom stereocenters. The third-order valence-electron chi connectivity index (χ3n) is 7.33. The van der Waals surface area contributed by atoms with Gasteiger partial charge in [0.2, 0.25) is 5.91 Å². The Bertz CT molecular complexity index is 1540. The summed E-state index contributed by atoms with van der Waals surface area (Å²) in [4.78, 5) is 54.7. The van der Waals surface area contributed by atoms with Gasteiger partial charge in [-0.2, -0.15) is 13.2 Å². The van der Waals surface area contributed by atoms with E-state index in [1.165, 1.54) is 26.2 Å². The average Bonchev–Trinajstić information content (AvgIpc) is 3.38. The monoisotopic (exact) mass is 530 g/mol. The Kier molecular flexibility index (Phi) is 6.07. The van der Waals surface area contributed by atoms with Crippen molar-refractivity contribution in [1.82, 2.24) is 14.0 Å². The first-order chi connectivity index (χ1) is 18.0. The van der Waals surface area contributed by atoms with Gasteiger partial charge in [0.15, 0.2) is 5.92 Å². The van der Waals surface area contributed by atoms with Crippen LogP contribution in [0.3, 0.4) is 0 Å². The van der Waals surface area contributed by atoms with Crippen molar-refractivity contribution in [3.63, 3.8) is 0 Å². The Morgan fingerprint density at radius 1 is 1.05 bits per heavy atom. The number of alkyl halides is 3. The summed E-state index contributed by atoms with van der Waals surface area (Å²) in [5, 5.41) is 0. The van der Waals surface area contributed by atoms with Gasteiger partial charge in [-0.1, -0.05) is 12.1 Å². The number of imidazole rings is 1. The van der Waals surface area contributed by atoms with E-state index in [1.54, 1.807) is 39.2 Å². The first-order valence-corrected chi connectivity index (χ1v) is 12.1. The molecule has 1 aliphatic heterocycles. The third-order valence-corrected chi connectivity index (χ3v) is 7.33. The molecule has 1 aromatic heterocycles. The predicted octanol–water partition coefficient (Wildman–Crippen LogP) is 3.53. The van der Waals surface area contributed by atoms with E-state index in [4.69, 9.17) is 4.74 Å². The number of aromatic nitrogens is 2. The Morgan fingerprint density at radius 2 is 1.76 bits per heavy atom. The number of rotatable bonds is 4. The lowest BCUT2D eigenvalue weighted by Gasteiger charge is -2.40. The molecule has 0 spiro atoms. The number of nitrogens with zero attached hydrogens (tertiary/aromatic N) is 4. The van der Waals surface area contributed by atoms with E-state index in [2.05, 4.69) is 0 Å². The molecule has 12 heteroatoms. The van der Waals surface area contributed by atoms with E-state index >= 15 is 0 Å². The quantitative estimate of drug-likeness (QED) is 0.380. The van der Waals surface area contributed by atoms with Crippen LogP contribution >= 0.6 is 0 Å². The molecule has 9 nitrogen and oxygen atoms in total. The largest absolute Gasteiger partial charge is 0.465 e. The minimum atomic E-state index is -4.59. The average molecular weight is 531 g/mol. The maximum atomic E-state index is 13.8. The van der Waals surface area contributed by atoms with Crippen LogP contribution in [0.1, 0.15) is 36.1 Å².